The Bertz CT molecular complexity index is 1530. The van der Waals surface area contributed by atoms with E-state index in [2.05, 4.69) is 37.5 Å². The minimum Gasteiger partial charge on any atom is -0.502 e. The van der Waals surface area contributed by atoms with Gasteiger partial charge in [-0.25, -0.2) is 0 Å². The molecule has 0 spiro atoms. The topological polar surface area (TPSA) is 102 Å². The molecular formula is C28H24N4O3Ru. The van der Waals surface area contributed by atoms with Gasteiger partial charge in [0.2, 0.25) is 11.2 Å². The summed E-state index contributed by atoms with van der Waals surface area (Å²) >= 11 is 0. The normalized spacial score (nSPS) is 10.5. The Morgan fingerprint density at radius 1 is 0.694 bits per heavy atom. The standard InChI is InChI=1S/C12H10N2.C10H8N2.C6H6O3.Ru/c1-9-5-3-7-13-11(9)12-10(2)6-4-8-14-12;1-3-7-11-9(5-1)10-6-2-4-8-12-10;1-4-6(8)5(7)2-3-9-4;/h3-8H,1-2H2;1-8H;2-3,8H,1H3;/b12-11-;;;. The molecule has 0 saturated carbocycles. The van der Waals surface area contributed by atoms with Crippen LogP contribution in [0.15, 0.2) is 107 Å². The van der Waals surface area contributed by atoms with Crippen LogP contribution in [0.25, 0.3) is 24.5 Å². The summed E-state index contributed by atoms with van der Waals surface area (Å²) in [6.45, 7) is 9.34. The van der Waals surface area contributed by atoms with Crippen molar-refractivity contribution < 1.29 is 29.0 Å². The van der Waals surface area contributed by atoms with Gasteiger partial charge in [0, 0.05) is 50.3 Å². The van der Waals surface area contributed by atoms with Crippen LogP contribution in [-0.2, 0) is 19.5 Å². The summed E-state index contributed by atoms with van der Waals surface area (Å²) in [5, 5.41) is 12.2. The van der Waals surface area contributed by atoms with Gasteiger partial charge in [0.1, 0.15) is 5.76 Å². The van der Waals surface area contributed by atoms with Crippen LogP contribution in [-0.4, -0.2) is 25.0 Å². The van der Waals surface area contributed by atoms with Gasteiger partial charge in [0.15, 0.2) is 0 Å². The SMILES string of the molecule is C=c1cccn/c1=c1\ncccc1=C.Cc1occc(=O)c1O.[Ru].c1ccc(-c2ccccn2)nc1. The second-order valence-electron chi connectivity index (χ2n) is 7.14. The molecule has 0 atom stereocenters. The Morgan fingerprint density at radius 2 is 1.17 bits per heavy atom. The molecule has 0 aromatic carbocycles. The Morgan fingerprint density at radius 3 is 1.53 bits per heavy atom. The van der Waals surface area contributed by atoms with Crippen LogP contribution in [0, 0.1) is 17.6 Å². The second-order valence-corrected chi connectivity index (χ2v) is 7.14. The van der Waals surface area contributed by atoms with E-state index in [1.54, 1.807) is 24.8 Å². The predicted molar refractivity (Wildman–Crippen MR) is 135 cm³/mol. The molecule has 0 aliphatic carbocycles. The molecule has 7 nitrogen and oxygen atoms in total. The van der Waals surface area contributed by atoms with Crippen molar-refractivity contribution in [2.24, 2.45) is 0 Å². The summed E-state index contributed by atoms with van der Waals surface area (Å²) in [6, 6.07) is 20.3. The first kappa shape index (κ1) is 28.0. The van der Waals surface area contributed by atoms with Gasteiger partial charge in [0.05, 0.1) is 28.3 Å². The van der Waals surface area contributed by atoms with Gasteiger partial charge < -0.3 is 9.52 Å². The maximum Gasteiger partial charge on any atom is 0.226 e. The first-order chi connectivity index (χ1) is 17.0. The molecule has 182 valence electrons. The van der Waals surface area contributed by atoms with Crippen LogP contribution in [0.5, 0.6) is 5.75 Å². The van der Waals surface area contributed by atoms with E-state index in [1.807, 2.05) is 60.7 Å². The summed E-state index contributed by atoms with van der Waals surface area (Å²) in [6.07, 6.45) is 8.25. The molecule has 5 aromatic heterocycles. The Hall–Kier alpha value is -4.29. The molecule has 1 N–H and O–H groups in total. The summed E-state index contributed by atoms with van der Waals surface area (Å²) in [7, 11) is 0. The first-order valence-electron chi connectivity index (χ1n) is 10.6. The molecule has 0 saturated heterocycles. The molecule has 5 aromatic rings. The molecule has 0 radical (unpaired) electrons. The van der Waals surface area contributed by atoms with Gasteiger partial charge in [-0.2, -0.15) is 0 Å². The van der Waals surface area contributed by atoms with Crippen molar-refractivity contribution in [3.63, 3.8) is 0 Å². The van der Waals surface area contributed by atoms with Gasteiger partial charge in [-0.15, -0.1) is 0 Å². The van der Waals surface area contributed by atoms with Gasteiger partial charge in [0.25, 0.3) is 0 Å². The molecule has 0 unspecified atom stereocenters. The molecule has 8 heteroatoms. The van der Waals surface area contributed by atoms with E-state index in [4.69, 9.17) is 5.11 Å². The number of rotatable bonds is 1. The zero-order chi connectivity index (χ0) is 25.0. The first-order valence-corrected chi connectivity index (χ1v) is 10.6. The molecule has 0 aliphatic heterocycles. The summed E-state index contributed by atoms with van der Waals surface area (Å²) < 4.78 is 4.69. The average molecular weight is 566 g/mol. The molecule has 0 fully saturated rings. The predicted octanol–water partition coefficient (Wildman–Crippen LogP) is 3.38. The van der Waals surface area contributed by atoms with E-state index in [0.717, 1.165) is 32.5 Å². The minimum atomic E-state index is -0.404. The third kappa shape index (κ3) is 7.89. The maximum atomic E-state index is 10.5. The number of hydrogen-bond acceptors (Lipinski definition) is 7. The van der Waals surface area contributed by atoms with Crippen molar-refractivity contribution >= 4 is 13.2 Å². The summed E-state index contributed by atoms with van der Waals surface area (Å²) in [4.78, 5) is 27.4. The van der Waals surface area contributed by atoms with Crippen molar-refractivity contribution in [1.29, 1.82) is 0 Å². The number of aromatic hydroxyl groups is 1. The van der Waals surface area contributed by atoms with Gasteiger partial charge in [-0.1, -0.05) is 37.4 Å². The van der Waals surface area contributed by atoms with Gasteiger partial charge in [-0.05, 0) is 53.8 Å². The van der Waals surface area contributed by atoms with Crippen LogP contribution in [0.3, 0.4) is 0 Å². The van der Waals surface area contributed by atoms with E-state index in [9.17, 15) is 4.79 Å². The quantitative estimate of drug-likeness (QED) is 0.311. The van der Waals surface area contributed by atoms with E-state index < -0.39 is 5.43 Å². The molecule has 0 amide bonds. The monoisotopic (exact) mass is 566 g/mol. The van der Waals surface area contributed by atoms with Crippen LogP contribution in [0.1, 0.15) is 5.76 Å². The molecule has 0 aliphatic rings. The minimum absolute atomic E-state index is 0. The zero-order valence-electron chi connectivity index (χ0n) is 19.6. The van der Waals surface area contributed by atoms with Gasteiger partial charge >= 0.3 is 0 Å². The fraction of sp³-hybridized carbons (Fsp3) is 0.0357. The van der Waals surface area contributed by atoms with E-state index in [0.29, 0.717) is 0 Å². The van der Waals surface area contributed by atoms with E-state index in [-0.39, 0.29) is 31.0 Å². The third-order valence-corrected chi connectivity index (χ3v) is 4.63. The number of nitrogens with zero attached hydrogens (tertiary/aromatic N) is 4. The van der Waals surface area contributed by atoms with E-state index in [1.165, 1.54) is 19.3 Å². The molecule has 0 bridgehead atoms. The number of aryl methyl sites for hydroxylation is 1. The number of pyridine rings is 4. The zero-order valence-corrected chi connectivity index (χ0v) is 21.3. The summed E-state index contributed by atoms with van der Waals surface area (Å²) in [5.41, 5.74) is 1.43. The van der Waals surface area contributed by atoms with Crippen LogP contribution < -0.4 is 15.9 Å². The van der Waals surface area contributed by atoms with Crippen molar-refractivity contribution in [3.8, 4) is 17.1 Å². The maximum absolute atomic E-state index is 10.5. The fourth-order valence-corrected chi connectivity index (χ4v) is 2.84. The summed E-state index contributed by atoms with van der Waals surface area (Å²) in [5.74, 6) is -0.0556. The number of hydrogen-bond donors (Lipinski definition) is 1. The van der Waals surface area contributed by atoms with Crippen molar-refractivity contribution in [2.45, 2.75) is 6.92 Å². The molecular weight excluding hydrogens is 541 g/mol. The van der Waals surface area contributed by atoms with Crippen LogP contribution >= 0.6 is 0 Å². The fourth-order valence-electron chi connectivity index (χ4n) is 2.84. The number of aromatic nitrogens is 4. The van der Waals surface area contributed by atoms with Crippen molar-refractivity contribution in [2.75, 3.05) is 0 Å². The largest absolute Gasteiger partial charge is 0.502 e. The van der Waals surface area contributed by atoms with E-state index >= 15 is 0 Å². The van der Waals surface area contributed by atoms with Crippen molar-refractivity contribution in [1.82, 2.24) is 19.9 Å². The smallest absolute Gasteiger partial charge is 0.226 e. The van der Waals surface area contributed by atoms with Gasteiger partial charge in [-0.3, -0.25) is 24.7 Å². The third-order valence-electron chi connectivity index (χ3n) is 4.63. The Kier molecular flexibility index (Phi) is 11.0. The van der Waals surface area contributed by atoms with Crippen molar-refractivity contribution in [3.05, 3.63) is 135 Å². The molecule has 5 heterocycles. The van der Waals surface area contributed by atoms with Crippen LogP contribution in [0.4, 0.5) is 0 Å². The molecule has 36 heavy (non-hydrogen) atoms. The van der Waals surface area contributed by atoms with Crippen LogP contribution in [0.2, 0.25) is 0 Å². The second kappa shape index (κ2) is 14.2. The molecule has 5 rings (SSSR count). The Balaban J connectivity index is 0.000000192. The Labute approximate surface area is 220 Å². The average Bonchev–Trinajstić information content (AvgIpc) is 2.90.